The summed E-state index contributed by atoms with van der Waals surface area (Å²) in [7, 11) is 0. The van der Waals surface area contributed by atoms with E-state index in [9.17, 15) is 9.59 Å². The zero-order valence-corrected chi connectivity index (χ0v) is 14.7. The molecule has 0 fully saturated rings. The largest absolute Gasteiger partial charge is 0.326 e. The molecular formula is C20H23N3O2. The second-order valence-corrected chi connectivity index (χ2v) is 6.21. The van der Waals surface area contributed by atoms with Crippen molar-refractivity contribution in [1.82, 2.24) is 5.43 Å². The van der Waals surface area contributed by atoms with E-state index < -0.39 is 5.91 Å². The number of amides is 2. The summed E-state index contributed by atoms with van der Waals surface area (Å²) >= 11 is 0. The van der Waals surface area contributed by atoms with Crippen LogP contribution in [-0.2, 0) is 9.59 Å². The number of benzene rings is 2. The van der Waals surface area contributed by atoms with Crippen molar-refractivity contribution in [3.63, 3.8) is 0 Å². The first-order chi connectivity index (χ1) is 11.9. The van der Waals surface area contributed by atoms with E-state index in [1.165, 1.54) is 5.56 Å². The smallest absolute Gasteiger partial charge is 0.249 e. The van der Waals surface area contributed by atoms with E-state index in [0.29, 0.717) is 11.6 Å². The molecule has 5 heteroatoms. The van der Waals surface area contributed by atoms with Crippen molar-refractivity contribution in [2.24, 2.45) is 5.10 Å². The van der Waals surface area contributed by atoms with Gasteiger partial charge in [0.15, 0.2) is 0 Å². The molecule has 2 aromatic rings. The lowest BCUT2D eigenvalue weighted by atomic mass is 10.0. The summed E-state index contributed by atoms with van der Waals surface area (Å²) in [6.45, 7) is 6.23. The Balaban J connectivity index is 1.79. The summed E-state index contributed by atoms with van der Waals surface area (Å²) < 4.78 is 0. The molecule has 0 radical (unpaired) electrons. The van der Waals surface area contributed by atoms with Crippen molar-refractivity contribution in [1.29, 1.82) is 0 Å². The van der Waals surface area contributed by atoms with Crippen LogP contribution >= 0.6 is 0 Å². The molecule has 0 aliphatic rings. The van der Waals surface area contributed by atoms with Crippen LogP contribution in [0.1, 0.15) is 42.9 Å². The molecule has 0 bridgehead atoms. The number of nitrogens with zero attached hydrogens (tertiary/aromatic N) is 1. The SMILES string of the molecule is Cc1ccc(NC(=O)CC(=O)NN=Cc2ccc(C(C)C)cc2)cc1. The van der Waals surface area contributed by atoms with Gasteiger partial charge in [0.1, 0.15) is 6.42 Å². The van der Waals surface area contributed by atoms with Crippen molar-refractivity contribution in [2.75, 3.05) is 5.32 Å². The van der Waals surface area contributed by atoms with Crippen LogP contribution in [0.4, 0.5) is 5.69 Å². The Bertz CT molecular complexity index is 748. The fourth-order valence-electron chi connectivity index (χ4n) is 2.17. The number of hydrazone groups is 1. The minimum atomic E-state index is -0.459. The van der Waals surface area contributed by atoms with Crippen LogP contribution in [0.5, 0.6) is 0 Å². The van der Waals surface area contributed by atoms with Gasteiger partial charge < -0.3 is 5.32 Å². The van der Waals surface area contributed by atoms with Crippen LogP contribution in [0, 0.1) is 6.92 Å². The number of anilines is 1. The normalized spacial score (nSPS) is 10.9. The number of rotatable bonds is 6. The van der Waals surface area contributed by atoms with Gasteiger partial charge in [0.2, 0.25) is 11.8 Å². The Kier molecular flexibility index (Phi) is 6.46. The van der Waals surface area contributed by atoms with E-state index in [0.717, 1.165) is 11.1 Å². The van der Waals surface area contributed by atoms with Crippen molar-refractivity contribution < 1.29 is 9.59 Å². The topological polar surface area (TPSA) is 70.6 Å². The van der Waals surface area contributed by atoms with Crippen LogP contribution in [-0.4, -0.2) is 18.0 Å². The molecule has 0 heterocycles. The van der Waals surface area contributed by atoms with E-state index in [2.05, 4.69) is 29.7 Å². The van der Waals surface area contributed by atoms with Gasteiger partial charge in [0.25, 0.3) is 0 Å². The lowest BCUT2D eigenvalue weighted by Gasteiger charge is -2.05. The van der Waals surface area contributed by atoms with Gasteiger partial charge in [0.05, 0.1) is 6.21 Å². The van der Waals surface area contributed by atoms with Crippen LogP contribution < -0.4 is 10.7 Å². The summed E-state index contributed by atoms with van der Waals surface area (Å²) in [5, 5.41) is 6.56. The predicted molar refractivity (Wildman–Crippen MR) is 101 cm³/mol. The standard InChI is InChI=1S/C20H23N3O2/c1-14(2)17-8-6-16(7-9-17)13-21-23-20(25)12-19(24)22-18-10-4-15(3)5-11-18/h4-11,13-14H,12H2,1-3H3,(H,22,24)(H,23,25). The first-order valence-corrected chi connectivity index (χ1v) is 8.22. The van der Waals surface area contributed by atoms with Gasteiger partial charge in [-0.25, -0.2) is 5.43 Å². The van der Waals surface area contributed by atoms with Crippen molar-refractivity contribution >= 4 is 23.7 Å². The van der Waals surface area contributed by atoms with E-state index in [-0.39, 0.29) is 12.3 Å². The summed E-state index contributed by atoms with van der Waals surface area (Å²) in [6, 6.07) is 15.3. The van der Waals surface area contributed by atoms with Crippen molar-refractivity contribution in [3.8, 4) is 0 Å². The number of nitrogens with one attached hydrogen (secondary N) is 2. The maximum absolute atomic E-state index is 11.8. The van der Waals surface area contributed by atoms with Gasteiger partial charge in [-0.3, -0.25) is 9.59 Å². The zero-order chi connectivity index (χ0) is 18.2. The summed E-state index contributed by atoms with van der Waals surface area (Å²) in [4.78, 5) is 23.6. The van der Waals surface area contributed by atoms with Crippen LogP contribution in [0.3, 0.4) is 0 Å². The van der Waals surface area contributed by atoms with Gasteiger partial charge in [-0.05, 0) is 36.1 Å². The Morgan fingerprint density at radius 2 is 1.64 bits per heavy atom. The third-order valence-corrected chi connectivity index (χ3v) is 3.66. The number of carbonyl (C=O) groups excluding carboxylic acids is 2. The summed E-state index contributed by atoms with van der Waals surface area (Å²) in [5.74, 6) is -0.366. The molecule has 0 saturated heterocycles. The Morgan fingerprint density at radius 3 is 2.24 bits per heavy atom. The van der Waals surface area contributed by atoms with Crippen LogP contribution in [0.2, 0.25) is 0 Å². The van der Waals surface area contributed by atoms with Gasteiger partial charge in [-0.15, -0.1) is 0 Å². The fraction of sp³-hybridized carbons (Fsp3) is 0.250. The highest BCUT2D eigenvalue weighted by Gasteiger charge is 2.08. The number of carbonyl (C=O) groups is 2. The van der Waals surface area contributed by atoms with Crippen LogP contribution in [0.25, 0.3) is 0 Å². The molecule has 0 aromatic heterocycles. The first kappa shape index (κ1) is 18.4. The molecule has 130 valence electrons. The lowest BCUT2D eigenvalue weighted by Crippen LogP contribution is -2.24. The highest BCUT2D eigenvalue weighted by molar-refractivity contribution is 6.03. The molecule has 25 heavy (non-hydrogen) atoms. The molecule has 0 spiro atoms. The molecule has 0 saturated carbocycles. The van der Waals surface area contributed by atoms with Gasteiger partial charge >= 0.3 is 0 Å². The quantitative estimate of drug-likeness (QED) is 0.480. The average molecular weight is 337 g/mol. The fourth-order valence-corrected chi connectivity index (χ4v) is 2.17. The minimum absolute atomic E-state index is 0.280. The summed E-state index contributed by atoms with van der Waals surface area (Å²) in [5.41, 5.74) is 6.26. The summed E-state index contributed by atoms with van der Waals surface area (Å²) in [6.07, 6.45) is 1.28. The zero-order valence-electron chi connectivity index (χ0n) is 14.7. The second kappa shape index (κ2) is 8.78. The van der Waals surface area contributed by atoms with E-state index in [1.807, 2.05) is 43.3 Å². The minimum Gasteiger partial charge on any atom is -0.326 e. The van der Waals surface area contributed by atoms with Gasteiger partial charge in [-0.1, -0.05) is 55.8 Å². The molecule has 2 rings (SSSR count). The molecule has 2 amide bonds. The molecule has 0 unspecified atom stereocenters. The molecule has 0 atom stereocenters. The van der Waals surface area contributed by atoms with Gasteiger partial charge in [0, 0.05) is 5.69 Å². The van der Waals surface area contributed by atoms with E-state index in [1.54, 1.807) is 18.3 Å². The highest BCUT2D eigenvalue weighted by Crippen LogP contribution is 2.13. The first-order valence-electron chi connectivity index (χ1n) is 8.22. The maximum atomic E-state index is 11.8. The number of hydrogen-bond acceptors (Lipinski definition) is 3. The Morgan fingerprint density at radius 1 is 1.00 bits per heavy atom. The maximum Gasteiger partial charge on any atom is 0.249 e. The molecule has 0 aliphatic heterocycles. The Labute approximate surface area is 148 Å². The molecular weight excluding hydrogens is 314 g/mol. The third kappa shape index (κ3) is 6.22. The number of aryl methyl sites for hydroxylation is 1. The third-order valence-electron chi connectivity index (χ3n) is 3.66. The predicted octanol–water partition coefficient (Wildman–Crippen LogP) is 3.60. The van der Waals surface area contributed by atoms with E-state index in [4.69, 9.17) is 0 Å². The molecule has 5 nitrogen and oxygen atoms in total. The van der Waals surface area contributed by atoms with Crippen molar-refractivity contribution in [2.45, 2.75) is 33.1 Å². The number of hydrogen-bond donors (Lipinski definition) is 2. The second-order valence-electron chi connectivity index (χ2n) is 6.21. The molecule has 2 aromatic carbocycles. The highest BCUT2D eigenvalue weighted by atomic mass is 16.2. The van der Waals surface area contributed by atoms with Gasteiger partial charge in [-0.2, -0.15) is 5.10 Å². The Hall–Kier alpha value is -2.95. The molecule has 0 aliphatic carbocycles. The van der Waals surface area contributed by atoms with Crippen molar-refractivity contribution in [3.05, 3.63) is 65.2 Å². The lowest BCUT2D eigenvalue weighted by molar-refractivity contribution is -0.126. The average Bonchev–Trinajstić information content (AvgIpc) is 2.57. The molecule has 2 N–H and O–H groups in total. The monoisotopic (exact) mass is 337 g/mol. The van der Waals surface area contributed by atoms with Crippen LogP contribution in [0.15, 0.2) is 53.6 Å². The van der Waals surface area contributed by atoms with E-state index >= 15 is 0 Å².